The fourth-order valence-electron chi connectivity index (χ4n) is 3.99. The Kier molecular flexibility index (Phi) is 7.61. The third-order valence-electron chi connectivity index (χ3n) is 5.42. The molecule has 0 bridgehead atoms. The smallest absolute Gasteiger partial charge is 0.246 e. The summed E-state index contributed by atoms with van der Waals surface area (Å²) in [4.78, 5) is 27.3. The summed E-state index contributed by atoms with van der Waals surface area (Å²) in [5.74, 6) is -0.226. The maximum absolute atomic E-state index is 12.9. The van der Waals surface area contributed by atoms with Gasteiger partial charge in [-0.3, -0.25) is 9.59 Å². The van der Waals surface area contributed by atoms with Gasteiger partial charge in [-0.25, -0.2) is 10.5 Å². The lowest BCUT2D eigenvalue weighted by atomic mass is 9.93. The first-order chi connectivity index (χ1) is 12.1. The van der Waals surface area contributed by atoms with E-state index in [1.165, 1.54) is 11.5 Å². The van der Waals surface area contributed by atoms with Gasteiger partial charge in [0.2, 0.25) is 11.8 Å². The fraction of sp³-hybridized carbons (Fsp3) is 0.882. The van der Waals surface area contributed by atoms with Gasteiger partial charge in [0.05, 0.1) is 0 Å². The van der Waals surface area contributed by atoms with Crippen molar-refractivity contribution < 1.29 is 9.59 Å². The molecule has 1 unspecified atom stereocenters. The van der Waals surface area contributed by atoms with Gasteiger partial charge >= 0.3 is 0 Å². The maximum atomic E-state index is 12.9. The highest BCUT2D eigenvalue weighted by Gasteiger charge is 2.34. The maximum Gasteiger partial charge on any atom is 0.246 e. The Morgan fingerprint density at radius 2 is 1.72 bits per heavy atom. The summed E-state index contributed by atoms with van der Waals surface area (Å²) < 4.78 is 0. The molecule has 2 saturated carbocycles. The zero-order valence-electron chi connectivity index (χ0n) is 15.5. The SMILES string of the molecule is CNN(CC(=O)N(C1CCCCC1)C(C)C(=O)NC1CCCC1)N=N. The van der Waals surface area contributed by atoms with Gasteiger partial charge in [0.15, 0.2) is 0 Å². The number of carbonyl (C=O) groups is 2. The predicted octanol–water partition coefficient (Wildman–Crippen LogP) is 1.98. The van der Waals surface area contributed by atoms with Gasteiger partial charge in [0.25, 0.3) is 0 Å². The van der Waals surface area contributed by atoms with Crippen molar-refractivity contribution in [2.45, 2.75) is 82.8 Å². The van der Waals surface area contributed by atoms with Crippen LogP contribution < -0.4 is 10.7 Å². The molecule has 2 rings (SSSR count). The van der Waals surface area contributed by atoms with E-state index >= 15 is 0 Å². The molecule has 3 N–H and O–H groups in total. The first-order valence-electron chi connectivity index (χ1n) is 9.50. The molecule has 8 nitrogen and oxygen atoms in total. The van der Waals surface area contributed by atoms with Crippen LogP contribution in [0.2, 0.25) is 0 Å². The average molecular weight is 352 g/mol. The van der Waals surface area contributed by atoms with Gasteiger partial charge in [-0.05, 0) is 32.6 Å². The standard InChI is InChI=1S/C17H32N6O2/c1-13(17(25)20-14-8-6-7-9-14)23(15-10-4-3-5-11-15)16(24)12-22(19-2)21-18/h13-15,18-19H,3-12H2,1-2H3,(H,20,25). The Labute approximate surface area is 150 Å². The Morgan fingerprint density at radius 3 is 2.28 bits per heavy atom. The van der Waals surface area contributed by atoms with Crippen LogP contribution in [-0.2, 0) is 9.59 Å². The number of hydrogen-bond donors (Lipinski definition) is 3. The average Bonchev–Trinajstić information content (AvgIpc) is 3.13. The predicted molar refractivity (Wildman–Crippen MR) is 94.5 cm³/mol. The van der Waals surface area contributed by atoms with Crippen LogP contribution in [0.4, 0.5) is 0 Å². The van der Waals surface area contributed by atoms with Crippen molar-refractivity contribution in [1.82, 2.24) is 20.8 Å². The molecule has 0 heterocycles. The number of hydrazine groups is 1. The van der Waals surface area contributed by atoms with Crippen LogP contribution in [0.25, 0.3) is 0 Å². The summed E-state index contributed by atoms with van der Waals surface area (Å²) in [6.07, 6.45) is 9.61. The van der Waals surface area contributed by atoms with Crippen molar-refractivity contribution in [3.05, 3.63) is 0 Å². The van der Waals surface area contributed by atoms with Crippen molar-refractivity contribution in [2.24, 2.45) is 5.22 Å². The number of amides is 2. The minimum atomic E-state index is -0.499. The summed E-state index contributed by atoms with van der Waals surface area (Å²) in [7, 11) is 1.62. The van der Waals surface area contributed by atoms with Crippen molar-refractivity contribution in [3.8, 4) is 0 Å². The van der Waals surface area contributed by atoms with E-state index in [0.29, 0.717) is 0 Å². The van der Waals surface area contributed by atoms with Crippen LogP contribution in [0.15, 0.2) is 5.22 Å². The van der Waals surface area contributed by atoms with Crippen LogP contribution in [0.1, 0.15) is 64.7 Å². The number of carbonyl (C=O) groups excluding carboxylic acids is 2. The second kappa shape index (κ2) is 9.70. The summed E-state index contributed by atoms with van der Waals surface area (Å²) >= 11 is 0. The van der Waals surface area contributed by atoms with Crippen molar-refractivity contribution in [2.75, 3.05) is 13.6 Å². The Bertz CT molecular complexity index is 460. The van der Waals surface area contributed by atoms with Gasteiger partial charge in [-0.15, -0.1) is 0 Å². The first kappa shape index (κ1) is 19.6. The summed E-state index contributed by atoms with van der Waals surface area (Å²) in [5.41, 5.74) is 9.82. The molecule has 2 amide bonds. The molecular formula is C17H32N6O2. The Morgan fingerprint density at radius 1 is 1.12 bits per heavy atom. The lowest BCUT2D eigenvalue weighted by Crippen LogP contribution is -2.56. The third kappa shape index (κ3) is 5.39. The number of nitrogens with zero attached hydrogens (tertiary/aromatic N) is 3. The van der Waals surface area contributed by atoms with Gasteiger partial charge in [0.1, 0.15) is 12.6 Å². The van der Waals surface area contributed by atoms with E-state index in [9.17, 15) is 9.59 Å². The molecule has 0 aliphatic heterocycles. The summed E-state index contributed by atoms with van der Waals surface area (Å²) in [6.45, 7) is 1.77. The normalized spacial score (nSPS) is 20.1. The minimum Gasteiger partial charge on any atom is -0.352 e. The molecule has 2 aliphatic carbocycles. The topological polar surface area (TPSA) is 101 Å². The summed E-state index contributed by atoms with van der Waals surface area (Å²) in [6, 6.07) is -0.161. The lowest BCUT2D eigenvalue weighted by molar-refractivity contribution is -0.145. The van der Waals surface area contributed by atoms with Crippen LogP contribution in [0.3, 0.4) is 0 Å². The van der Waals surface area contributed by atoms with Gasteiger partial charge < -0.3 is 10.2 Å². The van der Waals surface area contributed by atoms with Gasteiger partial charge in [-0.1, -0.05) is 37.3 Å². The highest BCUT2D eigenvalue weighted by Crippen LogP contribution is 2.25. The van der Waals surface area contributed by atoms with E-state index in [2.05, 4.69) is 16.0 Å². The van der Waals surface area contributed by atoms with E-state index in [4.69, 9.17) is 5.53 Å². The fourth-order valence-corrected chi connectivity index (χ4v) is 3.99. The second-order valence-electron chi connectivity index (χ2n) is 7.14. The number of hydrogen-bond acceptors (Lipinski definition) is 5. The Hall–Kier alpha value is -1.70. The highest BCUT2D eigenvalue weighted by molar-refractivity contribution is 5.88. The van der Waals surface area contributed by atoms with E-state index < -0.39 is 6.04 Å². The monoisotopic (exact) mass is 352 g/mol. The lowest BCUT2D eigenvalue weighted by Gasteiger charge is -2.38. The van der Waals surface area contributed by atoms with E-state index in [1.807, 2.05) is 6.92 Å². The minimum absolute atomic E-state index is 0.0441. The van der Waals surface area contributed by atoms with Crippen molar-refractivity contribution in [3.63, 3.8) is 0 Å². The summed E-state index contributed by atoms with van der Waals surface area (Å²) in [5, 5.41) is 7.58. The van der Waals surface area contributed by atoms with E-state index in [-0.39, 0.29) is 30.4 Å². The van der Waals surface area contributed by atoms with Crippen LogP contribution >= 0.6 is 0 Å². The van der Waals surface area contributed by atoms with E-state index in [1.54, 1.807) is 11.9 Å². The molecule has 0 aromatic heterocycles. The van der Waals surface area contributed by atoms with Gasteiger partial charge in [0, 0.05) is 19.1 Å². The highest BCUT2D eigenvalue weighted by atomic mass is 16.2. The van der Waals surface area contributed by atoms with Crippen molar-refractivity contribution >= 4 is 11.8 Å². The van der Waals surface area contributed by atoms with Crippen LogP contribution in [0, 0.1) is 5.53 Å². The molecule has 1 atom stereocenters. The molecule has 8 heteroatoms. The molecule has 142 valence electrons. The quantitative estimate of drug-likeness (QED) is 0.459. The Balaban J connectivity index is 2.06. The molecule has 2 fully saturated rings. The van der Waals surface area contributed by atoms with Crippen LogP contribution in [0.5, 0.6) is 0 Å². The number of rotatable bonds is 8. The second-order valence-corrected chi connectivity index (χ2v) is 7.14. The molecule has 0 spiro atoms. The molecule has 0 radical (unpaired) electrons. The molecule has 0 aromatic carbocycles. The zero-order chi connectivity index (χ0) is 18.2. The third-order valence-corrected chi connectivity index (χ3v) is 5.42. The molecule has 25 heavy (non-hydrogen) atoms. The molecule has 0 aromatic rings. The molecule has 2 aliphatic rings. The first-order valence-corrected chi connectivity index (χ1v) is 9.50. The number of nitrogens with one attached hydrogen (secondary N) is 3. The van der Waals surface area contributed by atoms with Crippen molar-refractivity contribution in [1.29, 1.82) is 5.53 Å². The van der Waals surface area contributed by atoms with Crippen LogP contribution in [-0.4, -0.2) is 53.6 Å². The van der Waals surface area contributed by atoms with Gasteiger partial charge in [-0.2, -0.15) is 5.53 Å². The zero-order valence-corrected chi connectivity index (χ0v) is 15.5. The molecular weight excluding hydrogens is 320 g/mol. The molecule has 0 saturated heterocycles. The van der Waals surface area contributed by atoms with E-state index in [0.717, 1.165) is 51.4 Å². The largest absolute Gasteiger partial charge is 0.352 e.